The molecule has 0 amide bonds. The summed E-state index contributed by atoms with van der Waals surface area (Å²) in [4.78, 5) is 5.36. The van der Waals surface area contributed by atoms with E-state index < -0.39 is 0 Å². The molecule has 12 aromatic rings. The number of hydrogen-bond donors (Lipinski definition) is 0. The zero-order valence-corrected chi connectivity index (χ0v) is 48.0. The minimum Gasteiger partial charge on any atom is -0.311 e. The van der Waals surface area contributed by atoms with Crippen LogP contribution in [0.15, 0.2) is 200 Å². The van der Waals surface area contributed by atoms with Crippen molar-refractivity contribution < 1.29 is 0 Å². The molecule has 0 saturated heterocycles. The van der Waals surface area contributed by atoms with E-state index >= 15 is 0 Å². The minimum absolute atomic E-state index is 0.0967. The topological polar surface area (TPSA) is 6.48 Å². The third-order valence-corrected chi connectivity index (χ3v) is 17.6. The minimum atomic E-state index is -0.101. The molecular formula is C76H69BN2. The summed E-state index contributed by atoms with van der Waals surface area (Å²) in [6, 6.07) is 78.1. The normalized spacial score (nSPS) is 13.7. The molecule has 0 unspecified atom stereocenters. The smallest absolute Gasteiger partial charge is 0.252 e. The second kappa shape index (κ2) is 17.2. The summed E-state index contributed by atoms with van der Waals surface area (Å²) in [6.07, 6.45) is 0. The molecule has 0 radical (unpaired) electrons. The fraction of sp³-hybridized carbons (Fsp3) is 0.211. The van der Waals surface area contributed by atoms with Gasteiger partial charge in [-0.3, -0.25) is 0 Å². The lowest BCUT2D eigenvalue weighted by Gasteiger charge is -2.45. The van der Waals surface area contributed by atoms with Gasteiger partial charge in [-0.25, -0.2) is 0 Å². The molecule has 0 aromatic heterocycles. The molecule has 2 nitrogen and oxygen atoms in total. The van der Waals surface area contributed by atoms with Gasteiger partial charge in [-0.2, -0.15) is 0 Å². The lowest BCUT2D eigenvalue weighted by molar-refractivity contribution is 0.568. The van der Waals surface area contributed by atoms with Gasteiger partial charge in [0.05, 0.1) is 0 Å². The van der Waals surface area contributed by atoms with Crippen LogP contribution in [0.25, 0.3) is 75.8 Å². The van der Waals surface area contributed by atoms with Crippen LogP contribution in [-0.4, -0.2) is 6.71 Å². The number of rotatable bonds is 3. The highest BCUT2D eigenvalue weighted by Gasteiger charge is 2.45. The van der Waals surface area contributed by atoms with Gasteiger partial charge < -0.3 is 9.80 Å². The van der Waals surface area contributed by atoms with E-state index in [-0.39, 0.29) is 28.4 Å². The van der Waals surface area contributed by atoms with E-state index in [1.54, 1.807) is 0 Å². The van der Waals surface area contributed by atoms with Gasteiger partial charge in [-0.1, -0.05) is 210 Å². The molecule has 12 aromatic carbocycles. The zero-order valence-electron chi connectivity index (χ0n) is 48.0. The van der Waals surface area contributed by atoms with Crippen molar-refractivity contribution in [2.75, 3.05) is 9.80 Å². The summed E-state index contributed by atoms with van der Waals surface area (Å²) in [6.45, 7) is 28.3. The Kier molecular flexibility index (Phi) is 10.7. The van der Waals surface area contributed by atoms with Crippen molar-refractivity contribution in [2.45, 2.75) is 105 Å². The van der Waals surface area contributed by atoms with Crippen LogP contribution in [0, 0.1) is 0 Å². The first-order valence-corrected chi connectivity index (χ1v) is 28.6. The molecule has 386 valence electrons. The Labute approximate surface area is 467 Å². The first-order valence-electron chi connectivity index (χ1n) is 28.6. The van der Waals surface area contributed by atoms with Gasteiger partial charge in [0.1, 0.15) is 0 Å². The van der Waals surface area contributed by atoms with Crippen molar-refractivity contribution in [2.24, 2.45) is 0 Å². The fourth-order valence-electron chi connectivity index (χ4n) is 13.1. The maximum Gasteiger partial charge on any atom is 0.252 e. The Bertz CT molecular complexity index is 4260. The van der Waals surface area contributed by atoms with Gasteiger partial charge >= 0.3 is 0 Å². The molecule has 0 N–H and O–H groups in total. The Morgan fingerprint density at radius 3 is 1.08 bits per heavy atom. The number of fused-ring (bicyclic) bond motifs is 11. The van der Waals surface area contributed by atoms with E-state index in [9.17, 15) is 0 Å². The fourth-order valence-corrected chi connectivity index (χ4v) is 13.1. The molecule has 2 aliphatic heterocycles. The average Bonchev–Trinajstić information content (AvgIpc) is 3.61. The Hall–Kier alpha value is -8.14. The lowest BCUT2D eigenvalue weighted by atomic mass is 9.33. The van der Waals surface area contributed by atoms with E-state index in [0.717, 1.165) is 0 Å². The highest BCUT2D eigenvalue weighted by molar-refractivity contribution is 7.00. The molecule has 0 spiro atoms. The molecule has 2 heterocycles. The first kappa shape index (κ1) is 49.2. The summed E-state index contributed by atoms with van der Waals surface area (Å²) in [5, 5.41) is 15.0. The Morgan fingerprint density at radius 2 is 0.658 bits per heavy atom. The highest BCUT2D eigenvalue weighted by Crippen LogP contribution is 2.50. The van der Waals surface area contributed by atoms with Crippen LogP contribution in [-0.2, 0) is 21.7 Å². The Balaban J connectivity index is 1.18. The molecule has 14 rings (SSSR count). The van der Waals surface area contributed by atoms with Gasteiger partial charge in [0.25, 0.3) is 6.71 Å². The van der Waals surface area contributed by atoms with E-state index in [1.165, 1.54) is 149 Å². The van der Waals surface area contributed by atoms with Crippen molar-refractivity contribution >= 4 is 122 Å². The van der Waals surface area contributed by atoms with Gasteiger partial charge in [-0.15, -0.1) is 0 Å². The standard InChI is InChI=1S/C76H69BN2/c1-73(2,3)56-40-57(74(4,5)6)43-60(42-56)78-68-36-53-32-49-23-15-13-21-47(49)30-51(53)34-66(68)77-67-35-52-31-48-22-14-16-24-50(48)33-54(52)37-69(67)79(61-44-58(75(7,8)9)41-59(45-61)76(10,11)12)71-39-55(38-70(78)72(71)77)63-26-19-27-64-62-25-18-17-20-46(62)28-29-65(63)64/h13-45H,1-12H3. The molecule has 0 aliphatic carbocycles. The van der Waals surface area contributed by atoms with E-state index in [2.05, 4.69) is 293 Å². The van der Waals surface area contributed by atoms with Crippen LogP contribution in [0.1, 0.15) is 105 Å². The molecule has 3 heteroatoms. The maximum atomic E-state index is 2.68. The van der Waals surface area contributed by atoms with Crippen LogP contribution >= 0.6 is 0 Å². The second-order valence-corrected chi connectivity index (χ2v) is 27.2. The van der Waals surface area contributed by atoms with Crippen molar-refractivity contribution in [1.82, 2.24) is 0 Å². The quantitative estimate of drug-likeness (QED) is 0.0989. The number of anilines is 6. The second-order valence-electron chi connectivity index (χ2n) is 27.2. The highest BCUT2D eigenvalue weighted by atomic mass is 15.2. The van der Waals surface area contributed by atoms with E-state index in [1.807, 2.05) is 0 Å². The first-order chi connectivity index (χ1) is 37.6. The van der Waals surface area contributed by atoms with Gasteiger partial charge in [0.15, 0.2) is 0 Å². The summed E-state index contributed by atoms with van der Waals surface area (Å²) in [5.41, 5.74) is 18.5. The monoisotopic (exact) mass is 1020 g/mol. The van der Waals surface area contributed by atoms with Crippen LogP contribution < -0.4 is 26.2 Å². The van der Waals surface area contributed by atoms with Crippen LogP contribution in [0.2, 0.25) is 0 Å². The number of nitrogens with zero attached hydrogens (tertiary/aromatic N) is 2. The van der Waals surface area contributed by atoms with Crippen molar-refractivity contribution in [3.05, 3.63) is 222 Å². The maximum absolute atomic E-state index is 2.68. The number of hydrogen-bond acceptors (Lipinski definition) is 2. The Morgan fingerprint density at radius 1 is 0.278 bits per heavy atom. The van der Waals surface area contributed by atoms with Crippen molar-refractivity contribution in [1.29, 1.82) is 0 Å². The average molecular weight is 1020 g/mol. The molecule has 2 aliphatic rings. The van der Waals surface area contributed by atoms with Crippen molar-refractivity contribution in [3.8, 4) is 11.1 Å². The van der Waals surface area contributed by atoms with E-state index in [4.69, 9.17) is 0 Å². The third-order valence-electron chi connectivity index (χ3n) is 17.6. The van der Waals surface area contributed by atoms with Crippen LogP contribution in [0.5, 0.6) is 0 Å². The van der Waals surface area contributed by atoms with Crippen LogP contribution in [0.4, 0.5) is 34.1 Å². The van der Waals surface area contributed by atoms with E-state index in [0.29, 0.717) is 0 Å². The zero-order chi connectivity index (χ0) is 54.7. The van der Waals surface area contributed by atoms with Crippen LogP contribution in [0.3, 0.4) is 0 Å². The SMILES string of the molecule is CC(C)(C)c1cc(N2c3cc4cc5ccccc5cc4cc3B3c4cc5cc6ccccc6cc5cc4N(c4cc(C(C)(C)C)cc(C(C)(C)C)c4)c4cc(-c5cccc6c5ccc5ccccc56)cc2c43)cc(C(C)(C)C)c1. The summed E-state index contributed by atoms with van der Waals surface area (Å²) in [5.74, 6) is 0. The summed E-state index contributed by atoms with van der Waals surface area (Å²) >= 11 is 0. The molecular weight excluding hydrogens is 952 g/mol. The summed E-state index contributed by atoms with van der Waals surface area (Å²) < 4.78 is 0. The van der Waals surface area contributed by atoms with Gasteiger partial charge in [-0.05, 0) is 209 Å². The molecule has 0 fully saturated rings. The predicted molar refractivity (Wildman–Crippen MR) is 346 cm³/mol. The molecule has 0 saturated carbocycles. The molecule has 0 bridgehead atoms. The third kappa shape index (κ3) is 8.06. The largest absolute Gasteiger partial charge is 0.311 e. The molecule has 79 heavy (non-hydrogen) atoms. The predicted octanol–water partition coefficient (Wildman–Crippen LogP) is 19.5. The summed E-state index contributed by atoms with van der Waals surface area (Å²) in [7, 11) is 0. The number of benzene rings is 12. The van der Waals surface area contributed by atoms with Crippen molar-refractivity contribution in [3.63, 3.8) is 0 Å². The van der Waals surface area contributed by atoms with Gasteiger partial charge in [0, 0.05) is 34.1 Å². The molecule has 0 atom stereocenters. The lowest BCUT2D eigenvalue weighted by Crippen LogP contribution is -2.61. The van der Waals surface area contributed by atoms with Gasteiger partial charge in [0.2, 0.25) is 0 Å².